The lowest BCUT2D eigenvalue weighted by molar-refractivity contribution is -0.122. The molecule has 8 nitrogen and oxygen atoms in total. The van der Waals surface area contributed by atoms with Crippen LogP contribution in [0.25, 0.3) is 0 Å². The van der Waals surface area contributed by atoms with Gasteiger partial charge in [-0.1, -0.05) is 12.1 Å². The molecule has 1 heterocycles. The molecule has 3 aromatic rings. The van der Waals surface area contributed by atoms with Gasteiger partial charge >= 0.3 is 0 Å². The number of benzene rings is 2. The first-order valence-electron chi connectivity index (χ1n) is 9.39. The van der Waals surface area contributed by atoms with Gasteiger partial charge in [0, 0.05) is 37.2 Å². The van der Waals surface area contributed by atoms with Crippen LogP contribution in [0.3, 0.4) is 0 Å². The second-order valence-corrected chi connectivity index (χ2v) is 6.58. The van der Waals surface area contributed by atoms with E-state index >= 15 is 0 Å². The maximum atomic E-state index is 12.6. The highest BCUT2D eigenvalue weighted by Gasteiger charge is 2.13. The van der Waals surface area contributed by atoms with Crippen LogP contribution in [-0.2, 0) is 11.3 Å². The lowest BCUT2D eigenvalue weighted by atomic mass is 10.1. The van der Waals surface area contributed by atoms with Crippen molar-refractivity contribution in [2.45, 2.75) is 13.5 Å². The fourth-order valence-corrected chi connectivity index (χ4v) is 2.81. The summed E-state index contributed by atoms with van der Waals surface area (Å²) < 4.78 is 12.8. The Kier molecular flexibility index (Phi) is 6.69. The van der Waals surface area contributed by atoms with Gasteiger partial charge in [-0.15, -0.1) is 0 Å². The van der Waals surface area contributed by atoms with Crippen LogP contribution in [0.5, 0.6) is 11.5 Å². The predicted octanol–water partition coefficient (Wildman–Crippen LogP) is 2.63. The summed E-state index contributed by atoms with van der Waals surface area (Å²) in [6.45, 7) is 2.54. The lowest BCUT2D eigenvalue weighted by Gasteiger charge is -2.12. The van der Waals surface area contributed by atoms with Crippen molar-refractivity contribution in [1.29, 1.82) is 0 Å². The molecular formula is C22H24N4O4. The van der Waals surface area contributed by atoms with Gasteiger partial charge in [0.2, 0.25) is 0 Å². The Balaban J connectivity index is 1.65. The van der Waals surface area contributed by atoms with Crippen LogP contribution in [0, 0.1) is 6.92 Å². The van der Waals surface area contributed by atoms with Crippen molar-refractivity contribution in [3.05, 3.63) is 71.8 Å². The van der Waals surface area contributed by atoms with Crippen LogP contribution in [0.15, 0.2) is 54.9 Å². The number of nitrogens with one attached hydrogen (secondary N) is 2. The van der Waals surface area contributed by atoms with Crippen LogP contribution in [-0.4, -0.2) is 42.1 Å². The number of imidazole rings is 1. The van der Waals surface area contributed by atoms with Gasteiger partial charge in [0.05, 0.1) is 7.11 Å². The van der Waals surface area contributed by atoms with Crippen LogP contribution in [0.1, 0.15) is 21.7 Å². The number of methoxy groups -OCH3 is 1. The number of rotatable bonds is 8. The molecule has 0 saturated heterocycles. The fourth-order valence-electron chi connectivity index (χ4n) is 2.81. The summed E-state index contributed by atoms with van der Waals surface area (Å²) in [6.07, 6.45) is 3.70. The zero-order valence-electron chi connectivity index (χ0n) is 17.1. The second-order valence-electron chi connectivity index (χ2n) is 6.58. The average Bonchev–Trinajstić information content (AvgIpc) is 3.17. The second kappa shape index (κ2) is 9.60. The molecule has 0 unspecified atom stereocenters. The number of aromatic nitrogens is 2. The largest absolute Gasteiger partial charge is 0.493 e. The molecule has 0 aliphatic carbocycles. The molecular weight excluding hydrogens is 384 g/mol. The monoisotopic (exact) mass is 408 g/mol. The predicted molar refractivity (Wildman–Crippen MR) is 113 cm³/mol. The van der Waals surface area contributed by atoms with Gasteiger partial charge in [-0.25, -0.2) is 4.98 Å². The van der Waals surface area contributed by atoms with Crippen molar-refractivity contribution in [2.75, 3.05) is 26.1 Å². The maximum Gasteiger partial charge on any atom is 0.257 e. The molecule has 3 rings (SSSR count). The molecule has 0 spiro atoms. The third-order valence-electron chi connectivity index (χ3n) is 4.55. The Morgan fingerprint density at radius 1 is 1.10 bits per heavy atom. The van der Waals surface area contributed by atoms with Crippen LogP contribution >= 0.6 is 0 Å². The number of anilines is 1. The first-order chi connectivity index (χ1) is 14.5. The number of hydrogen-bond donors (Lipinski definition) is 2. The average molecular weight is 408 g/mol. The summed E-state index contributed by atoms with van der Waals surface area (Å²) in [5.41, 5.74) is 2.20. The zero-order valence-corrected chi connectivity index (χ0v) is 17.1. The van der Waals surface area contributed by atoms with Crippen molar-refractivity contribution >= 4 is 17.5 Å². The third kappa shape index (κ3) is 5.16. The molecule has 2 amide bonds. The number of hydrogen-bond acceptors (Lipinski definition) is 5. The minimum absolute atomic E-state index is 0.136. The minimum Gasteiger partial charge on any atom is -0.493 e. The molecule has 0 aliphatic rings. The molecule has 156 valence electrons. The number of ether oxygens (including phenoxy) is 2. The summed E-state index contributed by atoms with van der Waals surface area (Å²) in [4.78, 5) is 28.2. The van der Waals surface area contributed by atoms with Gasteiger partial charge < -0.3 is 24.7 Å². The summed E-state index contributed by atoms with van der Waals surface area (Å²) in [6, 6.07) is 12.4. The van der Waals surface area contributed by atoms with Crippen molar-refractivity contribution in [3.63, 3.8) is 0 Å². The molecule has 0 aliphatic heterocycles. The van der Waals surface area contributed by atoms with E-state index in [-0.39, 0.29) is 18.4 Å². The van der Waals surface area contributed by atoms with E-state index in [4.69, 9.17) is 9.47 Å². The number of carbonyl (C=O) groups is 2. The SMILES string of the molecule is CNC(=O)COc1ccc(C(=O)Nc2ccc(Cn3ccnc3C)cc2)cc1OC. The zero-order chi connectivity index (χ0) is 21.5. The van der Waals surface area contributed by atoms with Gasteiger partial charge in [-0.2, -0.15) is 0 Å². The van der Waals surface area contributed by atoms with E-state index < -0.39 is 0 Å². The number of aryl methyl sites for hydroxylation is 1. The first-order valence-corrected chi connectivity index (χ1v) is 9.39. The summed E-state index contributed by atoms with van der Waals surface area (Å²) in [5, 5.41) is 5.34. The molecule has 0 radical (unpaired) electrons. The summed E-state index contributed by atoms with van der Waals surface area (Å²) in [7, 11) is 3.01. The van der Waals surface area contributed by atoms with Gasteiger partial charge in [-0.3, -0.25) is 9.59 Å². The van der Waals surface area contributed by atoms with Crippen LogP contribution in [0.4, 0.5) is 5.69 Å². The Hall–Kier alpha value is -3.81. The Bertz CT molecular complexity index is 1030. The Morgan fingerprint density at radius 2 is 1.87 bits per heavy atom. The highest BCUT2D eigenvalue weighted by atomic mass is 16.5. The van der Waals surface area contributed by atoms with Crippen molar-refractivity contribution in [1.82, 2.24) is 14.9 Å². The lowest BCUT2D eigenvalue weighted by Crippen LogP contribution is -2.25. The molecule has 30 heavy (non-hydrogen) atoms. The van der Waals surface area contributed by atoms with E-state index in [0.29, 0.717) is 22.7 Å². The maximum absolute atomic E-state index is 12.6. The molecule has 1 aromatic heterocycles. The standard InChI is InChI=1S/C22H24N4O4/c1-15-24-10-11-26(15)13-16-4-7-18(8-5-16)25-22(28)17-6-9-19(20(12-17)29-3)30-14-21(27)23-2/h4-12H,13-14H2,1-3H3,(H,23,27)(H,25,28). The molecule has 8 heteroatoms. The molecule has 2 N–H and O–H groups in total. The van der Waals surface area contributed by atoms with Crippen LogP contribution in [0.2, 0.25) is 0 Å². The quantitative estimate of drug-likeness (QED) is 0.598. The van der Waals surface area contributed by atoms with Gasteiger partial charge in [0.15, 0.2) is 18.1 Å². The molecule has 0 fully saturated rings. The normalized spacial score (nSPS) is 10.4. The Morgan fingerprint density at radius 3 is 2.50 bits per heavy atom. The van der Waals surface area contributed by atoms with Gasteiger partial charge in [-0.05, 0) is 42.8 Å². The van der Waals surface area contributed by atoms with E-state index in [9.17, 15) is 9.59 Å². The van der Waals surface area contributed by atoms with E-state index in [1.54, 1.807) is 24.4 Å². The molecule has 0 saturated carbocycles. The van der Waals surface area contributed by atoms with E-state index in [2.05, 4.69) is 15.6 Å². The number of likely N-dealkylation sites (N-methyl/N-ethyl adjacent to an activating group) is 1. The van der Waals surface area contributed by atoms with E-state index in [1.165, 1.54) is 14.2 Å². The molecule has 2 aromatic carbocycles. The highest BCUT2D eigenvalue weighted by molar-refractivity contribution is 6.04. The molecule has 0 bridgehead atoms. The Labute approximate surface area is 174 Å². The smallest absolute Gasteiger partial charge is 0.257 e. The minimum atomic E-state index is -0.274. The van der Waals surface area contributed by atoms with E-state index in [1.807, 2.05) is 42.0 Å². The fraction of sp³-hybridized carbons (Fsp3) is 0.227. The van der Waals surface area contributed by atoms with Crippen molar-refractivity contribution in [2.24, 2.45) is 0 Å². The van der Waals surface area contributed by atoms with Crippen molar-refractivity contribution in [3.8, 4) is 11.5 Å². The van der Waals surface area contributed by atoms with Crippen LogP contribution < -0.4 is 20.1 Å². The first kappa shape index (κ1) is 20.9. The van der Waals surface area contributed by atoms with Gasteiger partial charge in [0.1, 0.15) is 5.82 Å². The highest BCUT2D eigenvalue weighted by Crippen LogP contribution is 2.28. The summed E-state index contributed by atoms with van der Waals surface area (Å²) in [5.74, 6) is 1.17. The summed E-state index contributed by atoms with van der Waals surface area (Å²) >= 11 is 0. The van der Waals surface area contributed by atoms with E-state index in [0.717, 1.165) is 17.9 Å². The van der Waals surface area contributed by atoms with Gasteiger partial charge in [0.25, 0.3) is 11.8 Å². The number of amides is 2. The topological polar surface area (TPSA) is 94.5 Å². The van der Waals surface area contributed by atoms with Crippen molar-refractivity contribution < 1.29 is 19.1 Å². The number of carbonyl (C=O) groups excluding carboxylic acids is 2. The number of nitrogens with zero attached hydrogens (tertiary/aromatic N) is 2. The molecule has 0 atom stereocenters. The third-order valence-corrected chi connectivity index (χ3v) is 4.55.